The van der Waals surface area contributed by atoms with Gasteiger partial charge in [-0.3, -0.25) is 0 Å². The van der Waals surface area contributed by atoms with Crippen molar-refractivity contribution in [2.75, 3.05) is 7.05 Å². The van der Waals surface area contributed by atoms with Gasteiger partial charge in [-0.25, -0.2) is 8.42 Å². The van der Waals surface area contributed by atoms with Crippen LogP contribution in [0.15, 0.2) is 35.2 Å². The SMILES string of the molecule is CN(C1CC1)S(=O)(=O)c1ccccc1. The molecule has 1 fully saturated rings. The van der Waals surface area contributed by atoms with Gasteiger partial charge in [0.2, 0.25) is 10.0 Å². The summed E-state index contributed by atoms with van der Waals surface area (Å²) in [4.78, 5) is 0.384. The van der Waals surface area contributed by atoms with E-state index >= 15 is 0 Å². The lowest BCUT2D eigenvalue weighted by atomic mass is 10.4. The van der Waals surface area contributed by atoms with Gasteiger partial charge in [-0.05, 0) is 25.0 Å². The summed E-state index contributed by atoms with van der Waals surface area (Å²) in [6, 6.07) is 8.79. The van der Waals surface area contributed by atoms with Gasteiger partial charge in [0.15, 0.2) is 0 Å². The fourth-order valence-corrected chi connectivity index (χ4v) is 2.83. The maximum absolute atomic E-state index is 11.9. The summed E-state index contributed by atoms with van der Waals surface area (Å²) in [6.07, 6.45) is 1.98. The van der Waals surface area contributed by atoms with Gasteiger partial charge in [0.05, 0.1) is 4.90 Å². The van der Waals surface area contributed by atoms with Crippen LogP contribution in [0.3, 0.4) is 0 Å². The number of rotatable bonds is 3. The van der Waals surface area contributed by atoms with E-state index < -0.39 is 10.0 Å². The zero-order chi connectivity index (χ0) is 10.2. The molecule has 0 unspecified atom stereocenters. The topological polar surface area (TPSA) is 37.4 Å². The van der Waals surface area contributed by atoms with Crippen molar-refractivity contribution in [3.63, 3.8) is 0 Å². The van der Waals surface area contributed by atoms with Crippen molar-refractivity contribution in [3.05, 3.63) is 30.3 Å². The summed E-state index contributed by atoms with van der Waals surface area (Å²) >= 11 is 0. The number of hydrogen-bond acceptors (Lipinski definition) is 2. The minimum absolute atomic E-state index is 0.222. The van der Waals surface area contributed by atoms with E-state index in [1.165, 1.54) is 4.31 Å². The Balaban J connectivity index is 2.32. The Hall–Kier alpha value is -0.870. The highest BCUT2D eigenvalue weighted by atomic mass is 32.2. The molecule has 4 heteroatoms. The molecule has 0 amide bonds. The molecule has 1 aromatic rings. The minimum Gasteiger partial charge on any atom is -0.207 e. The van der Waals surface area contributed by atoms with Crippen molar-refractivity contribution >= 4 is 10.0 Å². The molecule has 0 radical (unpaired) electrons. The van der Waals surface area contributed by atoms with E-state index in [1.54, 1.807) is 31.3 Å². The van der Waals surface area contributed by atoms with Crippen LogP contribution in [0.2, 0.25) is 0 Å². The lowest BCUT2D eigenvalue weighted by Crippen LogP contribution is -2.28. The van der Waals surface area contributed by atoms with Crippen molar-refractivity contribution in [3.8, 4) is 0 Å². The van der Waals surface area contributed by atoms with Crippen LogP contribution in [0, 0.1) is 0 Å². The smallest absolute Gasteiger partial charge is 0.207 e. The molecule has 1 saturated carbocycles. The molecule has 0 atom stereocenters. The van der Waals surface area contributed by atoms with Crippen molar-refractivity contribution in [2.24, 2.45) is 0 Å². The minimum atomic E-state index is -3.24. The van der Waals surface area contributed by atoms with E-state index in [-0.39, 0.29) is 6.04 Å². The normalized spacial score (nSPS) is 17.3. The zero-order valence-electron chi connectivity index (χ0n) is 8.05. The summed E-state index contributed by atoms with van der Waals surface area (Å²) in [6.45, 7) is 0. The van der Waals surface area contributed by atoms with E-state index in [1.807, 2.05) is 6.07 Å². The maximum Gasteiger partial charge on any atom is 0.243 e. The van der Waals surface area contributed by atoms with Crippen LogP contribution in [0.25, 0.3) is 0 Å². The Bertz CT molecular complexity index is 409. The van der Waals surface area contributed by atoms with Gasteiger partial charge in [-0.15, -0.1) is 0 Å². The zero-order valence-corrected chi connectivity index (χ0v) is 8.87. The monoisotopic (exact) mass is 211 g/mol. The second-order valence-corrected chi connectivity index (χ2v) is 5.56. The third-order valence-corrected chi connectivity index (χ3v) is 4.41. The Kier molecular flexibility index (Phi) is 2.33. The van der Waals surface area contributed by atoms with Gasteiger partial charge in [-0.2, -0.15) is 4.31 Å². The summed E-state index contributed by atoms with van der Waals surface area (Å²) in [5, 5.41) is 0. The average molecular weight is 211 g/mol. The Labute approximate surface area is 84.4 Å². The van der Waals surface area contributed by atoms with E-state index in [2.05, 4.69) is 0 Å². The molecule has 3 nitrogen and oxygen atoms in total. The molecule has 0 saturated heterocycles. The largest absolute Gasteiger partial charge is 0.243 e. The van der Waals surface area contributed by atoms with Gasteiger partial charge in [0.1, 0.15) is 0 Å². The predicted octanol–water partition coefficient (Wildman–Crippen LogP) is 1.47. The van der Waals surface area contributed by atoms with Crippen LogP contribution < -0.4 is 0 Å². The second kappa shape index (κ2) is 3.37. The molecular weight excluding hydrogens is 198 g/mol. The van der Waals surface area contributed by atoms with E-state index in [0.717, 1.165) is 12.8 Å². The van der Waals surface area contributed by atoms with Crippen LogP contribution in [0.4, 0.5) is 0 Å². The Morgan fingerprint density at radius 2 is 1.79 bits per heavy atom. The molecule has 14 heavy (non-hydrogen) atoms. The first-order chi connectivity index (χ1) is 6.62. The quantitative estimate of drug-likeness (QED) is 0.759. The first kappa shape index (κ1) is 9.68. The highest BCUT2D eigenvalue weighted by Crippen LogP contribution is 2.30. The molecule has 76 valence electrons. The molecule has 0 aliphatic heterocycles. The van der Waals surface area contributed by atoms with Crippen LogP contribution in [0.1, 0.15) is 12.8 Å². The number of nitrogens with zero attached hydrogens (tertiary/aromatic N) is 1. The Morgan fingerprint density at radius 1 is 1.21 bits per heavy atom. The van der Waals surface area contributed by atoms with Crippen molar-refractivity contribution < 1.29 is 8.42 Å². The highest BCUT2D eigenvalue weighted by molar-refractivity contribution is 7.89. The third-order valence-electron chi connectivity index (χ3n) is 2.48. The van der Waals surface area contributed by atoms with Crippen LogP contribution >= 0.6 is 0 Å². The molecule has 0 heterocycles. The van der Waals surface area contributed by atoms with Gasteiger partial charge in [-0.1, -0.05) is 18.2 Å². The van der Waals surface area contributed by atoms with Crippen LogP contribution in [0.5, 0.6) is 0 Å². The summed E-state index contributed by atoms with van der Waals surface area (Å²) < 4.78 is 25.4. The van der Waals surface area contributed by atoms with Gasteiger partial charge >= 0.3 is 0 Å². The van der Waals surface area contributed by atoms with Crippen LogP contribution in [-0.4, -0.2) is 25.8 Å². The van der Waals surface area contributed by atoms with E-state index in [0.29, 0.717) is 4.90 Å². The maximum atomic E-state index is 11.9. The summed E-state index contributed by atoms with van der Waals surface area (Å²) in [5.41, 5.74) is 0. The average Bonchev–Trinajstić information content (AvgIpc) is 3.01. The van der Waals surface area contributed by atoms with Crippen LogP contribution in [-0.2, 0) is 10.0 Å². The Morgan fingerprint density at radius 3 is 2.29 bits per heavy atom. The number of sulfonamides is 1. The molecule has 2 rings (SSSR count). The van der Waals surface area contributed by atoms with Gasteiger partial charge in [0.25, 0.3) is 0 Å². The van der Waals surface area contributed by atoms with Gasteiger partial charge < -0.3 is 0 Å². The molecule has 1 aliphatic rings. The molecule has 0 spiro atoms. The molecule has 1 aliphatic carbocycles. The highest BCUT2D eigenvalue weighted by Gasteiger charge is 2.34. The fraction of sp³-hybridized carbons (Fsp3) is 0.400. The standard InChI is InChI=1S/C10H13NO2S/c1-11(9-7-8-9)14(12,13)10-5-3-2-4-6-10/h2-6,9H,7-8H2,1H3. The fourth-order valence-electron chi connectivity index (χ4n) is 1.39. The first-order valence-electron chi connectivity index (χ1n) is 4.65. The molecule has 0 bridgehead atoms. The second-order valence-electron chi connectivity index (χ2n) is 3.57. The lowest BCUT2D eigenvalue weighted by molar-refractivity contribution is 0.464. The summed E-state index contributed by atoms with van der Waals surface area (Å²) in [7, 11) is -1.59. The molecular formula is C10H13NO2S. The lowest BCUT2D eigenvalue weighted by Gasteiger charge is -2.15. The van der Waals surface area contributed by atoms with Crippen molar-refractivity contribution in [1.82, 2.24) is 4.31 Å². The van der Waals surface area contributed by atoms with E-state index in [9.17, 15) is 8.42 Å². The van der Waals surface area contributed by atoms with Crippen molar-refractivity contribution in [1.29, 1.82) is 0 Å². The third kappa shape index (κ3) is 1.67. The van der Waals surface area contributed by atoms with E-state index in [4.69, 9.17) is 0 Å². The number of hydrogen-bond donors (Lipinski definition) is 0. The summed E-state index contributed by atoms with van der Waals surface area (Å²) in [5.74, 6) is 0. The predicted molar refractivity (Wildman–Crippen MR) is 54.4 cm³/mol. The first-order valence-corrected chi connectivity index (χ1v) is 6.09. The van der Waals surface area contributed by atoms with Gasteiger partial charge in [0, 0.05) is 13.1 Å². The van der Waals surface area contributed by atoms with Crippen molar-refractivity contribution in [2.45, 2.75) is 23.8 Å². The number of benzene rings is 1. The molecule has 1 aromatic carbocycles. The molecule has 0 aromatic heterocycles. The molecule has 0 N–H and O–H groups in total.